The average molecular weight is 346 g/mol. The maximum absolute atomic E-state index is 12.6. The van der Waals surface area contributed by atoms with E-state index in [-0.39, 0.29) is 5.91 Å². The van der Waals surface area contributed by atoms with Gasteiger partial charge in [0.15, 0.2) is 0 Å². The van der Waals surface area contributed by atoms with Gasteiger partial charge in [0, 0.05) is 24.0 Å². The summed E-state index contributed by atoms with van der Waals surface area (Å²) in [7, 11) is 0. The quantitative estimate of drug-likeness (QED) is 0.739. The number of benzene rings is 2. The predicted octanol–water partition coefficient (Wildman–Crippen LogP) is 4.50. The first kappa shape index (κ1) is 17.6. The summed E-state index contributed by atoms with van der Waals surface area (Å²) in [5.74, 6) is 0.446. The lowest BCUT2D eigenvalue weighted by Crippen LogP contribution is -2.20. The monoisotopic (exact) mass is 346 g/mol. The Morgan fingerprint density at radius 2 is 1.73 bits per heavy atom. The molecule has 0 unspecified atom stereocenters. The molecule has 0 spiro atoms. The highest BCUT2D eigenvalue weighted by Crippen LogP contribution is 2.24. The van der Waals surface area contributed by atoms with Crippen LogP contribution in [0, 0.1) is 13.8 Å². The zero-order valence-electron chi connectivity index (χ0n) is 15.2. The Morgan fingerprint density at radius 1 is 1.00 bits per heavy atom. The van der Waals surface area contributed by atoms with Gasteiger partial charge in [0.1, 0.15) is 17.8 Å². The average Bonchev–Trinajstić information content (AvgIpc) is 2.63. The Balaban J connectivity index is 1.86. The molecular formula is C21H22N4O. The maximum Gasteiger partial charge on any atom is 0.274 e. The van der Waals surface area contributed by atoms with Crippen molar-refractivity contribution in [2.24, 2.45) is 0 Å². The lowest BCUT2D eigenvalue weighted by atomic mass is 10.2. The number of aryl methyl sites for hydroxylation is 2. The van der Waals surface area contributed by atoms with Crippen molar-refractivity contribution in [2.45, 2.75) is 20.8 Å². The molecule has 0 saturated carbocycles. The molecule has 0 saturated heterocycles. The van der Waals surface area contributed by atoms with Crippen LogP contribution in [-0.4, -0.2) is 22.4 Å². The van der Waals surface area contributed by atoms with Crippen molar-refractivity contribution in [1.82, 2.24) is 9.97 Å². The SMILES string of the molecule is CCN(c1cccc(C)c1)c1cc(C(=O)Nc2cccc(C)c2)ncn1. The molecule has 0 fully saturated rings. The van der Waals surface area contributed by atoms with Crippen LogP contribution in [0.1, 0.15) is 28.5 Å². The summed E-state index contributed by atoms with van der Waals surface area (Å²) < 4.78 is 0. The van der Waals surface area contributed by atoms with Crippen LogP contribution in [0.15, 0.2) is 60.9 Å². The van der Waals surface area contributed by atoms with E-state index in [9.17, 15) is 4.79 Å². The number of carbonyl (C=O) groups excluding carboxylic acids is 1. The highest BCUT2D eigenvalue weighted by Gasteiger charge is 2.14. The Labute approximate surface area is 153 Å². The molecule has 2 aromatic carbocycles. The third kappa shape index (κ3) is 4.06. The van der Waals surface area contributed by atoms with Crippen molar-refractivity contribution in [1.29, 1.82) is 0 Å². The van der Waals surface area contributed by atoms with Gasteiger partial charge in [-0.05, 0) is 56.2 Å². The van der Waals surface area contributed by atoms with Crippen LogP contribution in [-0.2, 0) is 0 Å². The normalized spacial score (nSPS) is 10.4. The van der Waals surface area contributed by atoms with E-state index in [1.807, 2.05) is 43.3 Å². The van der Waals surface area contributed by atoms with Crippen LogP contribution in [0.5, 0.6) is 0 Å². The maximum atomic E-state index is 12.6. The van der Waals surface area contributed by atoms with E-state index in [2.05, 4.69) is 46.2 Å². The van der Waals surface area contributed by atoms with Crippen LogP contribution < -0.4 is 10.2 Å². The number of carbonyl (C=O) groups is 1. The van der Waals surface area contributed by atoms with Crippen LogP contribution in [0.4, 0.5) is 17.2 Å². The summed E-state index contributed by atoms with van der Waals surface area (Å²) in [6.07, 6.45) is 1.43. The van der Waals surface area contributed by atoms with E-state index in [1.54, 1.807) is 6.07 Å². The van der Waals surface area contributed by atoms with E-state index in [0.717, 1.165) is 23.5 Å². The van der Waals surface area contributed by atoms with Gasteiger partial charge in [-0.25, -0.2) is 9.97 Å². The van der Waals surface area contributed by atoms with Gasteiger partial charge >= 0.3 is 0 Å². The molecule has 5 nitrogen and oxygen atoms in total. The number of amides is 1. The van der Waals surface area contributed by atoms with E-state index < -0.39 is 0 Å². The molecule has 0 aliphatic heterocycles. The molecule has 0 atom stereocenters. The second kappa shape index (κ2) is 7.78. The molecule has 0 bridgehead atoms. The molecule has 1 heterocycles. The number of nitrogens with zero attached hydrogens (tertiary/aromatic N) is 3. The van der Waals surface area contributed by atoms with Crippen LogP contribution in [0.2, 0.25) is 0 Å². The molecule has 3 aromatic rings. The Hall–Kier alpha value is -3.21. The number of nitrogens with one attached hydrogen (secondary N) is 1. The topological polar surface area (TPSA) is 58.1 Å². The fraction of sp³-hybridized carbons (Fsp3) is 0.190. The zero-order valence-corrected chi connectivity index (χ0v) is 15.2. The predicted molar refractivity (Wildman–Crippen MR) is 105 cm³/mol. The van der Waals surface area contributed by atoms with E-state index in [1.165, 1.54) is 11.9 Å². The largest absolute Gasteiger partial charge is 0.327 e. The first-order chi connectivity index (χ1) is 12.6. The Morgan fingerprint density at radius 3 is 2.42 bits per heavy atom. The molecule has 0 aliphatic carbocycles. The second-order valence-electron chi connectivity index (χ2n) is 6.17. The van der Waals surface area contributed by atoms with Crippen molar-refractivity contribution in [3.8, 4) is 0 Å². The third-order valence-corrected chi connectivity index (χ3v) is 4.07. The van der Waals surface area contributed by atoms with Crippen LogP contribution in [0.3, 0.4) is 0 Å². The van der Waals surface area contributed by atoms with Gasteiger partial charge < -0.3 is 10.2 Å². The van der Waals surface area contributed by atoms with Gasteiger partial charge in [-0.2, -0.15) is 0 Å². The molecular weight excluding hydrogens is 324 g/mol. The van der Waals surface area contributed by atoms with Crippen molar-refractivity contribution >= 4 is 23.1 Å². The van der Waals surface area contributed by atoms with Crippen molar-refractivity contribution in [3.05, 3.63) is 77.7 Å². The standard InChI is InChI=1S/C21H22N4O/c1-4-25(18-10-6-8-16(3)12-18)20-13-19(22-14-23-20)21(26)24-17-9-5-7-15(2)11-17/h5-14H,4H2,1-3H3,(H,24,26). The van der Waals surface area contributed by atoms with Gasteiger partial charge in [-0.3, -0.25) is 4.79 Å². The van der Waals surface area contributed by atoms with Gasteiger partial charge in [0.2, 0.25) is 0 Å². The van der Waals surface area contributed by atoms with Crippen LogP contribution in [0.25, 0.3) is 0 Å². The molecule has 0 radical (unpaired) electrons. The Bertz CT molecular complexity index is 923. The van der Waals surface area contributed by atoms with Crippen LogP contribution >= 0.6 is 0 Å². The van der Waals surface area contributed by atoms with Gasteiger partial charge in [0.05, 0.1) is 0 Å². The van der Waals surface area contributed by atoms with Crippen molar-refractivity contribution in [2.75, 3.05) is 16.8 Å². The number of anilines is 3. The number of hydrogen-bond donors (Lipinski definition) is 1. The first-order valence-corrected chi connectivity index (χ1v) is 8.61. The summed E-state index contributed by atoms with van der Waals surface area (Å²) in [5.41, 5.74) is 4.38. The summed E-state index contributed by atoms with van der Waals surface area (Å²) in [4.78, 5) is 23.1. The van der Waals surface area contributed by atoms with Crippen molar-refractivity contribution < 1.29 is 4.79 Å². The zero-order chi connectivity index (χ0) is 18.5. The summed E-state index contributed by atoms with van der Waals surface area (Å²) in [5, 5.41) is 2.88. The summed E-state index contributed by atoms with van der Waals surface area (Å²) in [6.45, 7) is 6.83. The molecule has 1 aromatic heterocycles. The van der Waals surface area contributed by atoms with E-state index >= 15 is 0 Å². The van der Waals surface area contributed by atoms with E-state index in [0.29, 0.717) is 11.5 Å². The summed E-state index contributed by atoms with van der Waals surface area (Å²) in [6, 6.07) is 17.6. The molecule has 1 amide bonds. The molecule has 26 heavy (non-hydrogen) atoms. The van der Waals surface area contributed by atoms with E-state index in [4.69, 9.17) is 0 Å². The molecule has 132 valence electrons. The highest BCUT2D eigenvalue weighted by molar-refractivity contribution is 6.03. The molecule has 3 rings (SSSR count). The van der Waals surface area contributed by atoms with Crippen molar-refractivity contribution in [3.63, 3.8) is 0 Å². The fourth-order valence-corrected chi connectivity index (χ4v) is 2.81. The molecule has 0 aliphatic rings. The minimum absolute atomic E-state index is 0.250. The number of rotatable bonds is 5. The fourth-order valence-electron chi connectivity index (χ4n) is 2.81. The van der Waals surface area contributed by atoms with Gasteiger partial charge in [-0.15, -0.1) is 0 Å². The third-order valence-electron chi connectivity index (χ3n) is 4.07. The number of hydrogen-bond acceptors (Lipinski definition) is 4. The Kier molecular flexibility index (Phi) is 5.27. The summed E-state index contributed by atoms with van der Waals surface area (Å²) >= 11 is 0. The van der Waals surface area contributed by atoms with Gasteiger partial charge in [0.25, 0.3) is 5.91 Å². The minimum atomic E-state index is -0.250. The smallest absolute Gasteiger partial charge is 0.274 e. The number of aromatic nitrogens is 2. The molecule has 1 N–H and O–H groups in total. The highest BCUT2D eigenvalue weighted by atomic mass is 16.1. The lowest BCUT2D eigenvalue weighted by Gasteiger charge is -2.22. The minimum Gasteiger partial charge on any atom is -0.327 e. The lowest BCUT2D eigenvalue weighted by molar-refractivity contribution is 0.102. The molecule has 5 heteroatoms. The van der Waals surface area contributed by atoms with Gasteiger partial charge in [-0.1, -0.05) is 24.3 Å². The second-order valence-corrected chi connectivity index (χ2v) is 6.17. The first-order valence-electron chi connectivity index (χ1n) is 8.61.